The minimum Gasteiger partial charge on any atom is -0.467 e. The Morgan fingerprint density at radius 1 is 1.67 bits per heavy atom. The van der Waals surface area contributed by atoms with Gasteiger partial charge in [0.15, 0.2) is 6.04 Å². The van der Waals surface area contributed by atoms with Gasteiger partial charge < -0.3 is 9.84 Å². The first-order valence-electron chi connectivity index (χ1n) is 3.83. The van der Waals surface area contributed by atoms with Crippen molar-refractivity contribution in [1.29, 1.82) is 0 Å². The van der Waals surface area contributed by atoms with Crippen LogP contribution in [0.15, 0.2) is 4.99 Å². The van der Waals surface area contributed by atoms with Gasteiger partial charge in [-0.1, -0.05) is 13.8 Å². The third-order valence-electron chi connectivity index (χ3n) is 1.21. The highest BCUT2D eigenvalue weighted by atomic mass is 16.5. The quantitative estimate of drug-likeness (QED) is 0.489. The van der Waals surface area contributed by atoms with E-state index in [4.69, 9.17) is 5.11 Å². The molecule has 0 amide bonds. The third kappa shape index (κ3) is 4.08. The average molecular weight is 173 g/mol. The molecule has 70 valence electrons. The molecule has 0 saturated carbocycles. The standard InChI is InChI=1S/C8H15NO3/c1-6(2)4-9-7(5-10)8(11)12-3/h4,6-7,10H,5H2,1-3H3/t7-/m0/s1. The van der Waals surface area contributed by atoms with Crippen molar-refractivity contribution in [2.45, 2.75) is 19.9 Å². The molecule has 0 aliphatic rings. The van der Waals surface area contributed by atoms with Crippen LogP contribution in [-0.2, 0) is 9.53 Å². The van der Waals surface area contributed by atoms with Crippen LogP contribution >= 0.6 is 0 Å². The molecule has 0 aromatic heterocycles. The highest BCUT2D eigenvalue weighted by Crippen LogP contribution is 1.94. The van der Waals surface area contributed by atoms with E-state index in [2.05, 4.69) is 9.73 Å². The second-order valence-corrected chi connectivity index (χ2v) is 2.76. The second kappa shape index (κ2) is 5.71. The molecule has 0 bridgehead atoms. The first-order chi connectivity index (χ1) is 5.61. The number of nitrogens with zero attached hydrogens (tertiary/aromatic N) is 1. The van der Waals surface area contributed by atoms with E-state index in [0.717, 1.165) is 0 Å². The van der Waals surface area contributed by atoms with Gasteiger partial charge in [-0.2, -0.15) is 0 Å². The van der Waals surface area contributed by atoms with E-state index in [1.807, 2.05) is 13.8 Å². The molecule has 0 rings (SSSR count). The van der Waals surface area contributed by atoms with Crippen molar-refractivity contribution >= 4 is 12.2 Å². The highest BCUT2D eigenvalue weighted by Gasteiger charge is 2.15. The smallest absolute Gasteiger partial charge is 0.332 e. The van der Waals surface area contributed by atoms with Crippen molar-refractivity contribution in [3.63, 3.8) is 0 Å². The first kappa shape index (κ1) is 11.1. The van der Waals surface area contributed by atoms with Crippen molar-refractivity contribution in [2.75, 3.05) is 13.7 Å². The molecule has 0 fully saturated rings. The third-order valence-corrected chi connectivity index (χ3v) is 1.21. The van der Waals surface area contributed by atoms with Crippen molar-refractivity contribution in [1.82, 2.24) is 0 Å². The van der Waals surface area contributed by atoms with E-state index in [1.165, 1.54) is 7.11 Å². The topological polar surface area (TPSA) is 58.9 Å². The van der Waals surface area contributed by atoms with Crippen LogP contribution in [0.4, 0.5) is 0 Å². The van der Waals surface area contributed by atoms with Gasteiger partial charge in [-0.15, -0.1) is 0 Å². The van der Waals surface area contributed by atoms with Crippen molar-refractivity contribution in [2.24, 2.45) is 10.9 Å². The SMILES string of the molecule is COC(=O)[C@H](CO)N=CC(C)C. The summed E-state index contributed by atoms with van der Waals surface area (Å²) in [6.07, 6.45) is 1.62. The van der Waals surface area contributed by atoms with Gasteiger partial charge in [0.1, 0.15) is 0 Å². The Morgan fingerprint density at radius 3 is 2.58 bits per heavy atom. The first-order valence-corrected chi connectivity index (χ1v) is 3.83. The normalized spacial score (nSPS) is 13.8. The fourth-order valence-electron chi connectivity index (χ4n) is 0.595. The summed E-state index contributed by atoms with van der Waals surface area (Å²) in [4.78, 5) is 14.7. The van der Waals surface area contributed by atoms with E-state index in [0.29, 0.717) is 0 Å². The van der Waals surface area contributed by atoms with Gasteiger partial charge in [-0.25, -0.2) is 4.79 Å². The Morgan fingerprint density at radius 2 is 2.25 bits per heavy atom. The van der Waals surface area contributed by atoms with E-state index in [9.17, 15) is 4.79 Å². The summed E-state index contributed by atoms with van der Waals surface area (Å²) in [6, 6.07) is -0.766. The fourth-order valence-corrected chi connectivity index (χ4v) is 0.595. The van der Waals surface area contributed by atoms with Crippen LogP contribution in [0.1, 0.15) is 13.8 Å². The van der Waals surface area contributed by atoms with Crippen LogP contribution in [-0.4, -0.2) is 37.0 Å². The molecule has 0 aromatic rings. The molecule has 0 saturated heterocycles. The lowest BCUT2D eigenvalue weighted by molar-refractivity contribution is -0.142. The Labute approximate surface area is 72.3 Å². The van der Waals surface area contributed by atoms with Crippen LogP contribution < -0.4 is 0 Å². The lowest BCUT2D eigenvalue weighted by Crippen LogP contribution is -2.24. The average Bonchev–Trinajstić information content (AvgIpc) is 2.04. The highest BCUT2D eigenvalue weighted by molar-refractivity contribution is 5.78. The van der Waals surface area contributed by atoms with Crippen LogP contribution in [0, 0.1) is 5.92 Å². The second-order valence-electron chi connectivity index (χ2n) is 2.76. The minimum absolute atomic E-state index is 0.267. The molecule has 0 radical (unpaired) electrons. The number of carbonyl (C=O) groups is 1. The van der Waals surface area contributed by atoms with Crippen LogP contribution in [0.2, 0.25) is 0 Å². The number of hydrogen-bond acceptors (Lipinski definition) is 4. The largest absolute Gasteiger partial charge is 0.467 e. The summed E-state index contributed by atoms with van der Waals surface area (Å²) < 4.78 is 4.42. The molecule has 0 heterocycles. The van der Waals surface area contributed by atoms with Gasteiger partial charge in [0, 0.05) is 6.21 Å². The monoisotopic (exact) mass is 173 g/mol. The number of hydrogen-bond donors (Lipinski definition) is 1. The van der Waals surface area contributed by atoms with Crippen LogP contribution in [0.3, 0.4) is 0 Å². The molecule has 0 aliphatic carbocycles. The maximum Gasteiger partial charge on any atom is 0.332 e. The van der Waals surface area contributed by atoms with Crippen molar-refractivity contribution < 1.29 is 14.6 Å². The molecule has 0 aliphatic heterocycles. The molecule has 1 atom stereocenters. The number of aliphatic imine (C=N–C) groups is 1. The van der Waals surface area contributed by atoms with Gasteiger partial charge in [0.25, 0.3) is 0 Å². The Hall–Kier alpha value is -0.900. The van der Waals surface area contributed by atoms with Crippen LogP contribution in [0.5, 0.6) is 0 Å². The predicted molar refractivity (Wildman–Crippen MR) is 46.2 cm³/mol. The summed E-state index contributed by atoms with van der Waals surface area (Å²) in [5.74, 6) is -0.238. The fraction of sp³-hybridized carbons (Fsp3) is 0.750. The van der Waals surface area contributed by atoms with Crippen LogP contribution in [0.25, 0.3) is 0 Å². The number of ether oxygens (including phenoxy) is 1. The lowest BCUT2D eigenvalue weighted by Gasteiger charge is -2.06. The van der Waals surface area contributed by atoms with E-state index in [-0.39, 0.29) is 12.5 Å². The molecule has 4 heteroatoms. The molecular formula is C8H15NO3. The number of carbonyl (C=O) groups excluding carboxylic acids is 1. The predicted octanol–water partition coefficient (Wildman–Crippen LogP) is 0.247. The zero-order valence-corrected chi connectivity index (χ0v) is 7.65. The number of aliphatic hydroxyl groups is 1. The molecule has 12 heavy (non-hydrogen) atoms. The van der Waals surface area contributed by atoms with E-state index >= 15 is 0 Å². The van der Waals surface area contributed by atoms with E-state index in [1.54, 1.807) is 6.21 Å². The molecular weight excluding hydrogens is 158 g/mol. The Kier molecular flexibility index (Phi) is 5.28. The van der Waals surface area contributed by atoms with E-state index < -0.39 is 12.0 Å². The maximum atomic E-state index is 10.9. The van der Waals surface area contributed by atoms with Gasteiger partial charge in [-0.3, -0.25) is 4.99 Å². The molecule has 4 nitrogen and oxygen atoms in total. The van der Waals surface area contributed by atoms with Gasteiger partial charge in [0.05, 0.1) is 13.7 Å². The molecule has 0 aromatic carbocycles. The summed E-state index contributed by atoms with van der Waals surface area (Å²) >= 11 is 0. The molecule has 1 N–H and O–H groups in total. The summed E-state index contributed by atoms with van der Waals surface area (Å²) in [7, 11) is 1.27. The van der Waals surface area contributed by atoms with Crippen molar-refractivity contribution in [3.05, 3.63) is 0 Å². The zero-order valence-electron chi connectivity index (χ0n) is 7.65. The van der Waals surface area contributed by atoms with Gasteiger partial charge in [0.2, 0.25) is 0 Å². The summed E-state index contributed by atoms with van der Waals surface area (Å²) in [6.45, 7) is 3.57. The van der Waals surface area contributed by atoms with Crippen molar-refractivity contribution in [3.8, 4) is 0 Å². The Bertz CT molecular complexity index is 166. The number of methoxy groups -OCH3 is 1. The molecule has 0 unspecified atom stereocenters. The number of esters is 1. The Balaban J connectivity index is 4.08. The minimum atomic E-state index is -0.766. The summed E-state index contributed by atoms with van der Waals surface area (Å²) in [5, 5.41) is 8.73. The number of rotatable bonds is 4. The van der Waals surface area contributed by atoms with Gasteiger partial charge in [-0.05, 0) is 5.92 Å². The molecule has 0 spiro atoms. The zero-order chi connectivity index (χ0) is 9.56. The summed E-state index contributed by atoms with van der Waals surface area (Å²) in [5.41, 5.74) is 0. The lowest BCUT2D eigenvalue weighted by atomic mass is 10.2. The van der Waals surface area contributed by atoms with Gasteiger partial charge >= 0.3 is 5.97 Å². The number of aliphatic hydroxyl groups excluding tert-OH is 1. The maximum absolute atomic E-state index is 10.9.